The summed E-state index contributed by atoms with van der Waals surface area (Å²) in [7, 11) is 1.56. The Hall–Kier alpha value is -4.72. The molecule has 3 aliphatic rings. The third-order valence-electron chi connectivity index (χ3n) is 6.71. The van der Waals surface area contributed by atoms with Gasteiger partial charge >= 0.3 is 5.97 Å². The van der Waals surface area contributed by atoms with Gasteiger partial charge in [-0.25, -0.2) is 0 Å². The van der Waals surface area contributed by atoms with Gasteiger partial charge in [0.2, 0.25) is 5.78 Å². The number of carbonyl (C=O) groups excluding carboxylic acids is 2. The Labute approximate surface area is 225 Å². The Bertz CT molecular complexity index is 1550. The van der Waals surface area contributed by atoms with Crippen LogP contribution >= 0.6 is 0 Å². The van der Waals surface area contributed by atoms with E-state index in [4.69, 9.17) is 28.4 Å². The molecule has 39 heavy (non-hydrogen) atoms. The summed E-state index contributed by atoms with van der Waals surface area (Å²) >= 11 is 0. The molecular weight excluding hydrogens is 500 g/mol. The molecule has 3 aromatic rings. The lowest BCUT2D eigenvalue weighted by molar-refractivity contribution is -0.135. The molecule has 0 aromatic heterocycles. The lowest BCUT2D eigenvalue weighted by atomic mass is 9.84. The van der Waals surface area contributed by atoms with Crippen LogP contribution in [0.4, 0.5) is 0 Å². The highest BCUT2D eigenvalue weighted by Crippen LogP contribution is 2.51. The first-order valence-electron chi connectivity index (χ1n) is 12.6. The van der Waals surface area contributed by atoms with Gasteiger partial charge in [-0.15, -0.1) is 0 Å². The van der Waals surface area contributed by atoms with Crippen molar-refractivity contribution in [1.29, 1.82) is 0 Å². The highest BCUT2D eigenvalue weighted by Gasteiger charge is 2.40. The quantitative estimate of drug-likeness (QED) is 0.181. The fourth-order valence-corrected chi connectivity index (χ4v) is 4.99. The predicted molar refractivity (Wildman–Crippen MR) is 142 cm³/mol. The number of hydrogen-bond acceptors (Lipinski definition) is 8. The van der Waals surface area contributed by atoms with E-state index >= 15 is 0 Å². The van der Waals surface area contributed by atoms with Crippen molar-refractivity contribution < 1.29 is 38.0 Å². The first kappa shape index (κ1) is 24.6. The summed E-state index contributed by atoms with van der Waals surface area (Å²) in [5.74, 6) is 2.03. The fourth-order valence-electron chi connectivity index (χ4n) is 4.99. The van der Waals surface area contributed by atoms with E-state index in [1.165, 1.54) is 0 Å². The normalized spacial score (nSPS) is 18.1. The number of allylic oxidation sites excluding steroid dienone is 1. The van der Waals surface area contributed by atoms with Gasteiger partial charge in [-0.3, -0.25) is 9.59 Å². The van der Waals surface area contributed by atoms with Gasteiger partial charge in [0, 0.05) is 17.0 Å². The number of esters is 1. The molecule has 3 heterocycles. The Morgan fingerprint density at radius 3 is 2.62 bits per heavy atom. The summed E-state index contributed by atoms with van der Waals surface area (Å²) in [6.45, 7) is 7.02. The highest BCUT2D eigenvalue weighted by atomic mass is 16.6. The van der Waals surface area contributed by atoms with Crippen LogP contribution < -0.4 is 28.4 Å². The van der Waals surface area contributed by atoms with E-state index in [9.17, 15) is 9.59 Å². The standard InChI is InChI=1S/C31H26O8/c1-17(2)16-37-30-19(5-4-6-24(30)34-3)21-15-27(32)38-23-10-8-20-29(33)26(39-31(20)28(21)23)14-18-7-9-22-25(13-18)36-12-11-35-22/h4-10,13-14,21H,1,11-12,15-16H2,2-3H3. The molecule has 6 rings (SSSR count). The van der Waals surface area contributed by atoms with Crippen LogP contribution in [0.3, 0.4) is 0 Å². The molecule has 0 amide bonds. The number of rotatable bonds is 6. The molecule has 0 fully saturated rings. The van der Waals surface area contributed by atoms with Crippen molar-refractivity contribution >= 4 is 17.8 Å². The predicted octanol–water partition coefficient (Wildman–Crippen LogP) is 5.48. The molecule has 3 aromatic carbocycles. The zero-order chi connectivity index (χ0) is 27.1. The van der Waals surface area contributed by atoms with Crippen LogP contribution in [0.15, 0.2) is 66.4 Å². The molecule has 0 saturated heterocycles. The number of hydrogen-bond donors (Lipinski definition) is 0. The molecule has 8 nitrogen and oxygen atoms in total. The molecular formula is C31H26O8. The average molecular weight is 527 g/mol. The topological polar surface area (TPSA) is 89.5 Å². The molecule has 1 atom stereocenters. The Morgan fingerprint density at radius 2 is 1.82 bits per heavy atom. The van der Waals surface area contributed by atoms with Crippen molar-refractivity contribution in [3.63, 3.8) is 0 Å². The highest BCUT2D eigenvalue weighted by molar-refractivity contribution is 6.15. The van der Waals surface area contributed by atoms with Gasteiger partial charge in [-0.2, -0.15) is 0 Å². The number of para-hydroxylation sites is 1. The van der Waals surface area contributed by atoms with Gasteiger partial charge in [0.05, 0.1) is 19.1 Å². The molecule has 0 saturated carbocycles. The van der Waals surface area contributed by atoms with Crippen molar-refractivity contribution in [1.82, 2.24) is 0 Å². The summed E-state index contributed by atoms with van der Waals surface area (Å²) in [5, 5.41) is 0. The van der Waals surface area contributed by atoms with E-state index in [0.29, 0.717) is 58.8 Å². The maximum absolute atomic E-state index is 13.4. The Balaban J connectivity index is 1.42. The minimum Gasteiger partial charge on any atom is -0.493 e. The maximum Gasteiger partial charge on any atom is 0.312 e. The number of ether oxygens (including phenoxy) is 6. The van der Waals surface area contributed by atoms with Gasteiger partial charge in [0.25, 0.3) is 0 Å². The summed E-state index contributed by atoms with van der Waals surface area (Å²) < 4.78 is 34.7. The van der Waals surface area contributed by atoms with Crippen LogP contribution in [0.1, 0.15) is 46.3 Å². The van der Waals surface area contributed by atoms with Gasteiger partial charge in [-0.05, 0) is 54.5 Å². The second-order valence-electron chi connectivity index (χ2n) is 9.55. The van der Waals surface area contributed by atoms with Crippen LogP contribution in [0.2, 0.25) is 0 Å². The molecule has 0 radical (unpaired) electrons. The molecule has 198 valence electrons. The van der Waals surface area contributed by atoms with E-state index < -0.39 is 11.9 Å². The summed E-state index contributed by atoms with van der Waals surface area (Å²) in [6, 6.07) is 14.2. The average Bonchev–Trinajstić information content (AvgIpc) is 3.25. The zero-order valence-corrected chi connectivity index (χ0v) is 21.6. The number of fused-ring (bicyclic) bond motifs is 4. The second kappa shape index (κ2) is 9.87. The van der Waals surface area contributed by atoms with E-state index in [2.05, 4.69) is 6.58 Å². The molecule has 8 heteroatoms. The van der Waals surface area contributed by atoms with Crippen molar-refractivity contribution in [3.8, 4) is 34.5 Å². The number of methoxy groups -OCH3 is 1. The molecule has 1 unspecified atom stereocenters. The van der Waals surface area contributed by atoms with Crippen LogP contribution in [-0.2, 0) is 4.79 Å². The lowest BCUT2D eigenvalue weighted by Gasteiger charge is -2.28. The Kier molecular flexibility index (Phi) is 6.23. The molecule has 0 aliphatic carbocycles. The van der Waals surface area contributed by atoms with E-state index in [1.807, 2.05) is 31.2 Å². The van der Waals surface area contributed by atoms with Crippen LogP contribution in [0.25, 0.3) is 6.08 Å². The van der Waals surface area contributed by atoms with Gasteiger partial charge in [0.1, 0.15) is 31.3 Å². The summed E-state index contributed by atoms with van der Waals surface area (Å²) in [6.07, 6.45) is 1.71. The third kappa shape index (κ3) is 4.48. The largest absolute Gasteiger partial charge is 0.493 e. The molecule has 3 aliphatic heterocycles. The summed E-state index contributed by atoms with van der Waals surface area (Å²) in [4.78, 5) is 26.1. The van der Waals surface area contributed by atoms with Crippen LogP contribution in [0, 0.1) is 0 Å². The monoisotopic (exact) mass is 526 g/mol. The molecule has 0 N–H and O–H groups in total. The number of carbonyl (C=O) groups is 2. The Morgan fingerprint density at radius 1 is 1.03 bits per heavy atom. The van der Waals surface area contributed by atoms with Crippen molar-refractivity contribution in [2.45, 2.75) is 19.3 Å². The smallest absolute Gasteiger partial charge is 0.312 e. The number of ketones is 1. The van der Waals surface area contributed by atoms with E-state index in [-0.39, 0.29) is 24.6 Å². The minimum absolute atomic E-state index is 0.0405. The fraction of sp³-hybridized carbons (Fsp3) is 0.226. The van der Waals surface area contributed by atoms with Crippen molar-refractivity contribution in [2.24, 2.45) is 0 Å². The van der Waals surface area contributed by atoms with E-state index in [0.717, 1.165) is 16.7 Å². The van der Waals surface area contributed by atoms with Crippen LogP contribution in [0.5, 0.6) is 34.5 Å². The maximum atomic E-state index is 13.4. The SMILES string of the molecule is C=C(C)COc1c(OC)cccc1C1CC(=O)Oc2ccc3c(c21)OC(=Cc1ccc2c(c1)OCCO2)C3=O. The van der Waals surface area contributed by atoms with Crippen molar-refractivity contribution in [2.75, 3.05) is 26.9 Å². The molecule has 0 spiro atoms. The minimum atomic E-state index is -0.493. The lowest BCUT2D eigenvalue weighted by Crippen LogP contribution is -2.22. The van der Waals surface area contributed by atoms with Crippen molar-refractivity contribution in [3.05, 3.63) is 88.7 Å². The number of benzene rings is 3. The third-order valence-corrected chi connectivity index (χ3v) is 6.71. The summed E-state index contributed by atoms with van der Waals surface area (Å²) in [5.41, 5.74) is 3.30. The van der Waals surface area contributed by atoms with Gasteiger partial charge in [0.15, 0.2) is 28.8 Å². The van der Waals surface area contributed by atoms with E-state index in [1.54, 1.807) is 37.5 Å². The van der Waals surface area contributed by atoms with Crippen LogP contribution in [-0.4, -0.2) is 38.7 Å². The number of Topliss-reactive ketones (excluding diaryl/α,β-unsaturated/α-hetero) is 1. The first-order valence-corrected chi connectivity index (χ1v) is 12.6. The molecule has 0 bridgehead atoms. The second-order valence-corrected chi connectivity index (χ2v) is 9.55. The first-order chi connectivity index (χ1) is 18.9. The van der Waals surface area contributed by atoms with Gasteiger partial charge in [-0.1, -0.05) is 24.8 Å². The van der Waals surface area contributed by atoms with Gasteiger partial charge < -0.3 is 28.4 Å². The zero-order valence-electron chi connectivity index (χ0n) is 21.6.